The van der Waals surface area contributed by atoms with Crippen molar-refractivity contribution >= 4 is 46.6 Å². The Bertz CT molecular complexity index is 1190. The molecule has 1 aliphatic rings. The Morgan fingerprint density at radius 3 is 2.54 bits per heavy atom. The van der Waals surface area contributed by atoms with E-state index in [0.29, 0.717) is 48.1 Å². The predicted molar refractivity (Wildman–Crippen MR) is 146 cm³/mol. The van der Waals surface area contributed by atoms with E-state index in [1.54, 1.807) is 37.3 Å². The van der Waals surface area contributed by atoms with Crippen LogP contribution >= 0.6 is 23.4 Å². The average molecular weight is 544 g/mol. The zero-order chi connectivity index (χ0) is 26.9. The molecule has 1 aliphatic heterocycles. The molecule has 196 valence electrons. The Hall–Kier alpha value is -3.23. The number of amides is 2. The lowest BCUT2D eigenvalue weighted by molar-refractivity contribution is -0.150. The van der Waals surface area contributed by atoms with Crippen LogP contribution in [0, 0.1) is 0 Å². The van der Waals surface area contributed by atoms with Crippen molar-refractivity contribution in [1.29, 1.82) is 0 Å². The lowest BCUT2D eigenvalue weighted by atomic mass is 10.0. The minimum atomic E-state index is -0.619. The molecule has 9 heteroatoms. The zero-order valence-corrected chi connectivity index (χ0v) is 22.7. The first kappa shape index (κ1) is 28.3. The van der Waals surface area contributed by atoms with Gasteiger partial charge in [0.2, 0.25) is 0 Å². The van der Waals surface area contributed by atoms with E-state index < -0.39 is 23.7 Å². The van der Waals surface area contributed by atoms with E-state index in [9.17, 15) is 14.4 Å². The minimum absolute atomic E-state index is 0.211. The van der Waals surface area contributed by atoms with Crippen molar-refractivity contribution in [1.82, 2.24) is 4.90 Å². The van der Waals surface area contributed by atoms with Crippen LogP contribution in [-0.4, -0.2) is 41.3 Å². The number of hydrogen-bond acceptors (Lipinski definition) is 7. The topological polar surface area (TPSA) is 82.1 Å². The highest BCUT2D eigenvalue weighted by molar-refractivity contribution is 8.18. The Morgan fingerprint density at radius 1 is 1.16 bits per heavy atom. The monoisotopic (exact) mass is 543 g/mol. The molecule has 0 aliphatic carbocycles. The van der Waals surface area contributed by atoms with Gasteiger partial charge in [-0.05, 0) is 79.9 Å². The molecule has 0 aromatic heterocycles. The number of allylic oxidation sites excluding steroid dienone is 1. The number of benzene rings is 2. The van der Waals surface area contributed by atoms with Crippen molar-refractivity contribution in [2.75, 3.05) is 13.2 Å². The van der Waals surface area contributed by atoms with E-state index in [1.807, 2.05) is 32.0 Å². The lowest BCUT2D eigenvalue weighted by Crippen LogP contribution is -2.35. The van der Waals surface area contributed by atoms with Gasteiger partial charge in [-0.1, -0.05) is 36.7 Å². The summed E-state index contributed by atoms with van der Waals surface area (Å²) in [6.45, 7) is 9.64. The summed E-state index contributed by atoms with van der Waals surface area (Å²) in [6.07, 6.45) is 4.22. The molecular weight excluding hydrogens is 514 g/mol. The number of esters is 1. The summed E-state index contributed by atoms with van der Waals surface area (Å²) < 4.78 is 17.2. The number of rotatable bonds is 12. The third-order valence-corrected chi connectivity index (χ3v) is 6.64. The van der Waals surface area contributed by atoms with Crippen molar-refractivity contribution in [3.63, 3.8) is 0 Å². The Balaban J connectivity index is 1.86. The SMILES string of the molecule is C=CCc1cc(/C=C2\SC(=O)N(CC(=O)O[C@@H](C)CC)C2=O)cc(OCC)c1OCc1ccc(Cl)cc1. The summed E-state index contributed by atoms with van der Waals surface area (Å²) in [5.74, 6) is -0.0671. The van der Waals surface area contributed by atoms with Crippen LogP contribution in [0.1, 0.15) is 43.9 Å². The van der Waals surface area contributed by atoms with E-state index >= 15 is 0 Å². The van der Waals surface area contributed by atoms with Crippen LogP contribution in [0.3, 0.4) is 0 Å². The van der Waals surface area contributed by atoms with E-state index in [2.05, 4.69) is 6.58 Å². The summed E-state index contributed by atoms with van der Waals surface area (Å²) in [6, 6.07) is 11.0. The fraction of sp³-hybridized carbons (Fsp3) is 0.321. The number of imide groups is 1. The Labute approximate surface area is 226 Å². The Kier molecular flexibility index (Phi) is 10.2. The number of nitrogens with zero attached hydrogens (tertiary/aromatic N) is 1. The van der Waals surface area contributed by atoms with Crippen molar-refractivity contribution in [2.45, 2.75) is 46.3 Å². The summed E-state index contributed by atoms with van der Waals surface area (Å²) in [4.78, 5) is 38.6. The van der Waals surface area contributed by atoms with Crippen molar-refractivity contribution in [3.05, 3.63) is 75.7 Å². The summed E-state index contributed by atoms with van der Waals surface area (Å²) in [5, 5.41) is 0.129. The van der Waals surface area contributed by atoms with Gasteiger partial charge in [0, 0.05) is 10.6 Å². The number of hydrogen-bond donors (Lipinski definition) is 0. The number of carbonyl (C=O) groups is 3. The second kappa shape index (κ2) is 13.4. The molecule has 37 heavy (non-hydrogen) atoms. The standard InChI is InChI=1S/C28H30ClNO6S/c1-5-8-21-13-20(14-23(34-7-3)26(21)35-17-19-9-11-22(29)12-10-19)15-24-27(32)30(28(33)37-24)16-25(31)36-18(4)6-2/h5,9-15,18H,1,6-8,16-17H2,2-4H3/b24-15-/t18-/m0/s1. The molecular formula is C28H30ClNO6S. The maximum absolute atomic E-state index is 12.9. The molecule has 1 fully saturated rings. The molecule has 1 atom stereocenters. The predicted octanol–water partition coefficient (Wildman–Crippen LogP) is 6.42. The quantitative estimate of drug-likeness (QED) is 0.173. The number of carbonyl (C=O) groups excluding carboxylic acids is 3. The smallest absolute Gasteiger partial charge is 0.326 e. The van der Waals surface area contributed by atoms with Gasteiger partial charge in [0.1, 0.15) is 13.2 Å². The molecule has 2 aromatic carbocycles. The van der Waals surface area contributed by atoms with Gasteiger partial charge in [0.25, 0.3) is 11.1 Å². The maximum Gasteiger partial charge on any atom is 0.326 e. The van der Waals surface area contributed by atoms with Gasteiger partial charge in [0.15, 0.2) is 11.5 Å². The van der Waals surface area contributed by atoms with Gasteiger partial charge in [-0.15, -0.1) is 6.58 Å². The van der Waals surface area contributed by atoms with Crippen LogP contribution in [0.5, 0.6) is 11.5 Å². The van der Waals surface area contributed by atoms with Gasteiger partial charge in [-0.3, -0.25) is 19.3 Å². The molecule has 0 radical (unpaired) electrons. The van der Waals surface area contributed by atoms with Crippen LogP contribution in [0.2, 0.25) is 5.02 Å². The fourth-order valence-electron chi connectivity index (χ4n) is 3.50. The summed E-state index contributed by atoms with van der Waals surface area (Å²) >= 11 is 6.76. The van der Waals surface area contributed by atoms with Gasteiger partial charge < -0.3 is 14.2 Å². The van der Waals surface area contributed by atoms with E-state index in [0.717, 1.165) is 27.8 Å². The van der Waals surface area contributed by atoms with Gasteiger partial charge in [-0.2, -0.15) is 0 Å². The largest absolute Gasteiger partial charge is 0.490 e. The normalized spacial score (nSPS) is 15.1. The van der Waals surface area contributed by atoms with Gasteiger partial charge >= 0.3 is 5.97 Å². The van der Waals surface area contributed by atoms with Gasteiger partial charge in [-0.25, -0.2) is 0 Å². The molecule has 1 heterocycles. The van der Waals surface area contributed by atoms with Gasteiger partial charge in [0.05, 0.1) is 17.6 Å². The van der Waals surface area contributed by atoms with Crippen LogP contribution in [0.15, 0.2) is 54.0 Å². The molecule has 2 aromatic rings. The second-order valence-electron chi connectivity index (χ2n) is 8.32. The number of thioether (sulfide) groups is 1. The number of halogens is 1. The van der Waals surface area contributed by atoms with Crippen molar-refractivity contribution in [2.24, 2.45) is 0 Å². The first-order valence-corrected chi connectivity index (χ1v) is 13.2. The molecule has 0 N–H and O–H groups in total. The fourth-order valence-corrected chi connectivity index (χ4v) is 4.46. The summed E-state index contributed by atoms with van der Waals surface area (Å²) in [7, 11) is 0. The third-order valence-electron chi connectivity index (χ3n) is 5.48. The van der Waals surface area contributed by atoms with Crippen molar-refractivity contribution < 1.29 is 28.6 Å². The highest BCUT2D eigenvalue weighted by Gasteiger charge is 2.37. The first-order chi connectivity index (χ1) is 17.7. The lowest BCUT2D eigenvalue weighted by Gasteiger charge is -2.17. The number of ether oxygens (including phenoxy) is 3. The Morgan fingerprint density at radius 2 is 1.89 bits per heavy atom. The molecule has 3 rings (SSSR count). The van der Waals surface area contributed by atoms with E-state index in [1.165, 1.54) is 0 Å². The molecule has 1 saturated heterocycles. The second-order valence-corrected chi connectivity index (χ2v) is 9.75. The van der Waals surface area contributed by atoms with Crippen LogP contribution in [0.4, 0.5) is 4.79 Å². The molecule has 0 bridgehead atoms. The van der Waals surface area contributed by atoms with Crippen LogP contribution < -0.4 is 9.47 Å². The average Bonchev–Trinajstić information content (AvgIpc) is 3.12. The first-order valence-electron chi connectivity index (χ1n) is 12.0. The van der Waals surface area contributed by atoms with E-state index in [-0.39, 0.29) is 11.0 Å². The third kappa shape index (κ3) is 7.63. The maximum atomic E-state index is 12.9. The zero-order valence-electron chi connectivity index (χ0n) is 21.1. The highest BCUT2D eigenvalue weighted by Crippen LogP contribution is 2.38. The molecule has 0 spiro atoms. The van der Waals surface area contributed by atoms with Crippen LogP contribution in [-0.2, 0) is 27.4 Å². The highest BCUT2D eigenvalue weighted by atomic mass is 35.5. The van der Waals surface area contributed by atoms with Crippen molar-refractivity contribution in [3.8, 4) is 11.5 Å². The molecule has 7 nitrogen and oxygen atoms in total. The molecule has 0 unspecified atom stereocenters. The van der Waals surface area contributed by atoms with E-state index in [4.69, 9.17) is 25.8 Å². The summed E-state index contributed by atoms with van der Waals surface area (Å²) in [5.41, 5.74) is 2.42. The molecule has 0 saturated carbocycles. The minimum Gasteiger partial charge on any atom is -0.490 e. The van der Waals surface area contributed by atoms with Crippen LogP contribution in [0.25, 0.3) is 6.08 Å². The molecule has 2 amide bonds.